The third kappa shape index (κ3) is 1.33. The monoisotopic (exact) mass is 157 g/mol. The molecule has 0 unspecified atom stereocenters. The molecule has 1 rings (SSSR count). The first kappa shape index (κ1) is 7.22. The highest BCUT2D eigenvalue weighted by molar-refractivity contribution is 6.30. The molecule has 3 heteroatoms. The molecule has 0 atom stereocenters. The molecule has 0 saturated heterocycles. The number of rotatable bonds is 1. The molecule has 1 nitrogen and oxygen atoms in total. The van der Waals surface area contributed by atoms with Crippen LogP contribution in [0.15, 0.2) is 18.7 Å². The second-order valence-corrected chi connectivity index (χ2v) is 2.08. The van der Waals surface area contributed by atoms with Gasteiger partial charge in [-0.05, 0) is 12.1 Å². The van der Waals surface area contributed by atoms with E-state index in [0.717, 1.165) is 0 Å². The van der Waals surface area contributed by atoms with Crippen molar-refractivity contribution in [2.24, 2.45) is 0 Å². The lowest BCUT2D eigenvalue weighted by atomic mass is 10.3. The molecule has 0 bridgehead atoms. The van der Waals surface area contributed by atoms with Gasteiger partial charge in [-0.25, -0.2) is 4.98 Å². The van der Waals surface area contributed by atoms with Crippen molar-refractivity contribution in [3.05, 3.63) is 35.4 Å². The van der Waals surface area contributed by atoms with E-state index in [2.05, 4.69) is 11.6 Å². The molecule has 0 radical (unpaired) electrons. The zero-order valence-electron chi connectivity index (χ0n) is 5.14. The minimum Gasteiger partial charge on any atom is -0.207 e. The van der Waals surface area contributed by atoms with Crippen LogP contribution in [0.2, 0.25) is 5.15 Å². The summed E-state index contributed by atoms with van der Waals surface area (Å²) < 4.78 is 12.3. The first-order valence-corrected chi connectivity index (χ1v) is 3.06. The van der Waals surface area contributed by atoms with Gasteiger partial charge in [0.05, 0.1) is 0 Å². The van der Waals surface area contributed by atoms with Gasteiger partial charge in [0.1, 0.15) is 5.15 Å². The summed E-state index contributed by atoms with van der Waals surface area (Å²) in [6.45, 7) is 3.47. The molecule has 52 valence electrons. The van der Waals surface area contributed by atoms with Gasteiger partial charge in [-0.2, -0.15) is 4.39 Å². The van der Waals surface area contributed by atoms with Gasteiger partial charge >= 0.3 is 0 Å². The van der Waals surface area contributed by atoms with Crippen molar-refractivity contribution in [2.45, 2.75) is 0 Å². The van der Waals surface area contributed by atoms with Crippen LogP contribution in [0, 0.1) is 5.95 Å². The number of hydrogen-bond donors (Lipinski definition) is 0. The van der Waals surface area contributed by atoms with Gasteiger partial charge in [-0.1, -0.05) is 24.3 Å². The van der Waals surface area contributed by atoms with Crippen molar-refractivity contribution in [3.63, 3.8) is 0 Å². The highest BCUT2D eigenvalue weighted by atomic mass is 35.5. The molecule has 1 aromatic heterocycles. The third-order valence-corrected chi connectivity index (χ3v) is 1.37. The Bertz CT molecular complexity index is 260. The smallest absolute Gasteiger partial charge is 0.207 e. The number of hydrogen-bond acceptors (Lipinski definition) is 1. The van der Waals surface area contributed by atoms with E-state index in [-0.39, 0.29) is 5.15 Å². The Labute approximate surface area is 63.2 Å². The van der Waals surface area contributed by atoms with Crippen molar-refractivity contribution in [2.75, 3.05) is 0 Å². The van der Waals surface area contributed by atoms with Crippen molar-refractivity contribution in [3.8, 4) is 0 Å². The SMILES string of the molecule is C=Cc1ccc(F)nc1Cl. The lowest BCUT2D eigenvalue weighted by Gasteiger charge is -1.94. The zero-order chi connectivity index (χ0) is 7.56. The van der Waals surface area contributed by atoms with E-state index in [4.69, 9.17) is 11.6 Å². The van der Waals surface area contributed by atoms with Crippen molar-refractivity contribution in [1.29, 1.82) is 0 Å². The first-order chi connectivity index (χ1) is 4.74. The summed E-state index contributed by atoms with van der Waals surface area (Å²) in [7, 11) is 0. The lowest BCUT2D eigenvalue weighted by Crippen LogP contribution is -1.84. The van der Waals surface area contributed by atoms with Crippen LogP contribution < -0.4 is 0 Å². The Balaban J connectivity index is 3.19. The Morgan fingerprint density at radius 1 is 1.60 bits per heavy atom. The topological polar surface area (TPSA) is 12.9 Å². The van der Waals surface area contributed by atoms with Crippen molar-refractivity contribution >= 4 is 17.7 Å². The molecule has 1 aromatic rings. The number of halogens is 2. The fraction of sp³-hybridized carbons (Fsp3) is 0. The third-order valence-electron chi connectivity index (χ3n) is 1.06. The van der Waals surface area contributed by atoms with Gasteiger partial charge in [0, 0.05) is 5.56 Å². The van der Waals surface area contributed by atoms with Gasteiger partial charge in [-0.3, -0.25) is 0 Å². The number of pyridine rings is 1. The Kier molecular flexibility index (Phi) is 2.02. The molecule has 0 N–H and O–H groups in total. The van der Waals surface area contributed by atoms with E-state index in [1.54, 1.807) is 0 Å². The van der Waals surface area contributed by atoms with Crippen LogP contribution in [0.3, 0.4) is 0 Å². The van der Waals surface area contributed by atoms with Gasteiger partial charge < -0.3 is 0 Å². The molecule has 0 aliphatic carbocycles. The second kappa shape index (κ2) is 2.80. The summed E-state index contributed by atoms with van der Waals surface area (Å²) in [6, 6.07) is 2.76. The summed E-state index contributed by atoms with van der Waals surface area (Å²) in [5.74, 6) is -0.574. The molecular weight excluding hydrogens is 153 g/mol. The second-order valence-electron chi connectivity index (χ2n) is 1.72. The van der Waals surface area contributed by atoms with Crippen LogP contribution in [0.5, 0.6) is 0 Å². The first-order valence-electron chi connectivity index (χ1n) is 2.68. The van der Waals surface area contributed by atoms with Crippen LogP contribution in [0.4, 0.5) is 4.39 Å². The molecule has 0 fully saturated rings. The maximum absolute atomic E-state index is 12.3. The molecule has 0 amide bonds. The Morgan fingerprint density at radius 2 is 2.30 bits per heavy atom. The summed E-state index contributed by atoms with van der Waals surface area (Å²) in [6.07, 6.45) is 1.52. The van der Waals surface area contributed by atoms with E-state index in [0.29, 0.717) is 5.56 Å². The van der Waals surface area contributed by atoms with Gasteiger partial charge in [-0.15, -0.1) is 0 Å². The summed E-state index contributed by atoms with van der Waals surface area (Å²) in [4.78, 5) is 3.37. The van der Waals surface area contributed by atoms with E-state index < -0.39 is 5.95 Å². The predicted octanol–water partition coefficient (Wildman–Crippen LogP) is 2.52. The molecule has 0 aromatic carbocycles. The van der Waals surface area contributed by atoms with Crippen LogP contribution in [0.25, 0.3) is 6.08 Å². The van der Waals surface area contributed by atoms with Gasteiger partial charge in [0.2, 0.25) is 5.95 Å². The normalized spacial score (nSPS) is 9.40. The molecule has 0 saturated carbocycles. The van der Waals surface area contributed by atoms with E-state index in [9.17, 15) is 4.39 Å². The lowest BCUT2D eigenvalue weighted by molar-refractivity contribution is 0.584. The fourth-order valence-corrected chi connectivity index (χ4v) is 0.796. The average molecular weight is 158 g/mol. The van der Waals surface area contributed by atoms with Gasteiger partial charge in [0.25, 0.3) is 0 Å². The summed E-state index contributed by atoms with van der Waals surface area (Å²) in [5, 5.41) is 0.148. The van der Waals surface area contributed by atoms with E-state index in [1.807, 2.05) is 0 Å². The number of aromatic nitrogens is 1. The Hall–Kier alpha value is -0.890. The minimum absolute atomic E-state index is 0.148. The van der Waals surface area contributed by atoms with Crippen LogP contribution in [-0.2, 0) is 0 Å². The molecule has 0 spiro atoms. The van der Waals surface area contributed by atoms with Crippen LogP contribution >= 0.6 is 11.6 Å². The maximum Gasteiger partial charge on any atom is 0.214 e. The maximum atomic E-state index is 12.3. The minimum atomic E-state index is -0.574. The van der Waals surface area contributed by atoms with E-state index in [1.165, 1.54) is 18.2 Å². The average Bonchev–Trinajstić information content (AvgIpc) is 1.88. The molecule has 0 aliphatic rings. The summed E-state index contributed by atoms with van der Waals surface area (Å²) in [5.41, 5.74) is 0.642. The quantitative estimate of drug-likeness (QED) is 0.571. The van der Waals surface area contributed by atoms with E-state index >= 15 is 0 Å². The predicted molar refractivity (Wildman–Crippen MR) is 39.3 cm³/mol. The largest absolute Gasteiger partial charge is 0.214 e. The van der Waals surface area contributed by atoms with Gasteiger partial charge in [0.15, 0.2) is 0 Å². The molecule has 10 heavy (non-hydrogen) atoms. The van der Waals surface area contributed by atoms with Crippen LogP contribution in [0.1, 0.15) is 5.56 Å². The fourth-order valence-electron chi connectivity index (χ4n) is 0.575. The molecule has 0 aliphatic heterocycles. The number of nitrogens with zero attached hydrogens (tertiary/aromatic N) is 1. The standard InChI is InChI=1S/C7H5ClFN/c1-2-5-3-4-6(9)10-7(5)8/h2-4H,1H2. The molecule has 1 heterocycles. The Morgan fingerprint density at radius 3 is 2.80 bits per heavy atom. The van der Waals surface area contributed by atoms with Crippen LogP contribution in [-0.4, -0.2) is 4.98 Å². The summed E-state index contributed by atoms with van der Waals surface area (Å²) >= 11 is 5.51. The highest BCUT2D eigenvalue weighted by Crippen LogP contribution is 2.13. The highest BCUT2D eigenvalue weighted by Gasteiger charge is 1.97. The zero-order valence-corrected chi connectivity index (χ0v) is 5.90. The molecular formula is C7H5ClFN. The van der Waals surface area contributed by atoms with Crippen molar-refractivity contribution in [1.82, 2.24) is 4.98 Å². The van der Waals surface area contributed by atoms with Crippen molar-refractivity contribution < 1.29 is 4.39 Å².